The van der Waals surface area contributed by atoms with Crippen LogP contribution in [0.3, 0.4) is 0 Å². The van der Waals surface area contributed by atoms with Crippen molar-refractivity contribution in [2.45, 2.75) is 264 Å². The number of hydrogen-bond acceptors (Lipinski definition) is 6. The summed E-state index contributed by atoms with van der Waals surface area (Å²) in [5.41, 5.74) is 0. The molecule has 0 fully saturated rings. The Bertz CT molecular complexity index is 1210. The van der Waals surface area contributed by atoms with Crippen molar-refractivity contribution < 1.29 is 28.6 Å². The first-order valence-corrected chi connectivity index (χ1v) is 26.9. The average Bonchev–Trinajstić information content (AvgIpc) is 3.29. The average molecular weight is 893 g/mol. The molecular formula is C58H100O6. The molecule has 6 nitrogen and oxygen atoms in total. The van der Waals surface area contributed by atoms with E-state index in [9.17, 15) is 14.4 Å². The van der Waals surface area contributed by atoms with Gasteiger partial charge in [0.25, 0.3) is 0 Å². The highest BCUT2D eigenvalue weighted by Crippen LogP contribution is 2.15. The lowest BCUT2D eigenvalue weighted by molar-refractivity contribution is -0.167. The van der Waals surface area contributed by atoms with Crippen LogP contribution in [0.15, 0.2) is 72.9 Å². The molecule has 0 aromatic carbocycles. The molecule has 0 bridgehead atoms. The molecule has 0 N–H and O–H groups in total. The van der Waals surface area contributed by atoms with Crippen LogP contribution in [0, 0.1) is 0 Å². The molecule has 6 heteroatoms. The first-order chi connectivity index (χ1) is 31.5. The van der Waals surface area contributed by atoms with Crippen molar-refractivity contribution in [1.82, 2.24) is 0 Å². The van der Waals surface area contributed by atoms with Crippen LogP contribution in [0.4, 0.5) is 0 Å². The fraction of sp³-hybridized carbons (Fsp3) is 0.741. The summed E-state index contributed by atoms with van der Waals surface area (Å²) >= 11 is 0. The molecule has 0 radical (unpaired) electrons. The van der Waals surface area contributed by atoms with E-state index in [1.54, 1.807) is 0 Å². The van der Waals surface area contributed by atoms with Gasteiger partial charge in [0.1, 0.15) is 13.2 Å². The van der Waals surface area contributed by atoms with Gasteiger partial charge in [-0.2, -0.15) is 0 Å². The molecule has 0 unspecified atom stereocenters. The predicted molar refractivity (Wildman–Crippen MR) is 274 cm³/mol. The maximum absolute atomic E-state index is 12.8. The molecule has 0 spiro atoms. The zero-order valence-corrected chi connectivity index (χ0v) is 42.0. The van der Waals surface area contributed by atoms with E-state index in [1.807, 2.05) is 0 Å². The molecule has 368 valence electrons. The van der Waals surface area contributed by atoms with Crippen molar-refractivity contribution in [3.63, 3.8) is 0 Å². The van der Waals surface area contributed by atoms with E-state index in [0.717, 1.165) is 109 Å². The van der Waals surface area contributed by atoms with Crippen LogP contribution in [0.25, 0.3) is 0 Å². The maximum atomic E-state index is 12.8. The van der Waals surface area contributed by atoms with Gasteiger partial charge in [0.05, 0.1) is 0 Å². The minimum absolute atomic E-state index is 0.0875. The number of ether oxygens (including phenoxy) is 3. The molecule has 1 atom stereocenters. The monoisotopic (exact) mass is 893 g/mol. The number of unbranched alkanes of at least 4 members (excludes halogenated alkanes) is 25. The quantitative estimate of drug-likeness (QED) is 0.0262. The Morgan fingerprint density at radius 1 is 0.328 bits per heavy atom. The largest absolute Gasteiger partial charge is 0.462 e. The van der Waals surface area contributed by atoms with E-state index in [4.69, 9.17) is 14.2 Å². The van der Waals surface area contributed by atoms with E-state index in [0.29, 0.717) is 19.3 Å². The summed E-state index contributed by atoms with van der Waals surface area (Å²) in [7, 11) is 0. The van der Waals surface area contributed by atoms with Crippen molar-refractivity contribution in [3.8, 4) is 0 Å². The highest BCUT2D eigenvalue weighted by atomic mass is 16.6. The standard InChI is InChI=1S/C58H100O6/c1-4-7-10-13-16-19-22-25-27-28-29-30-31-34-36-39-42-45-48-51-57(60)63-54-55(53-62-56(59)50-47-44-41-38-35-32-24-21-18-15-12-9-6-3)64-58(61)52-49-46-43-40-37-33-26-23-20-17-14-11-8-5-2/h7,10,16,19,23,25-27,29-30,34,36,55H,4-6,8-9,11-15,17-18,20-22,24,28,31-33,35,37-54H2,1-3H3/b10-7-,19-16-,26-23-,27-25-,30-29-,36-34-/t55-/m1/s1. The normalized spacial score (nSPS) is 12.6. The van der Waals surface area contributed by atoms with Crippen LogP contribution in [0.2, 0.25) is 0 Å². The fourth-order valence-corrected chi connectivity index (χ4v) is 7.40. The van der Waals surface area contributed by atoms with Gasteiger partial charge in [-0.3, -0.25) is 14.4 Å². The van der Waals surface area contributed by atoms with E-state index in [2.05, 4.69) is 93.7 Å². The number of esters is 3. The lowest BCUT2D eigenvalue weighted by Gasteiger charge is -2.18. The maximum Gasteiger partial charge on any atom is 0.306 e. The molecule has 0 aromatic heterocycles. The molecule has 0 saturated heterocycles. The van der Waals surface area contributed by atoms with Gasteiger partial charge in [-0.1, -0.05) is 222 Å². The van der Waals surface area contributed by atoms with Crippen LogP contribution < -0.4 is 0 Å². The van der Waals surface area contributed by atoms with Crippen molar-refractivity contribution >= 4 is 17.9 Å². The summed E-state index contributed by atoms with van der Waals surface area (Å²) in [4.78, 5) is 38.0. The fourth-order valence-electron chi connectivity index (χ4n) is 7.40. The molecule has 0 amide bonds. The van der Waals surface area contributed by atoms with Crippen LogP contribution >= 0.6 is 0 Å². The van der Waals surface area contributed by atoms with Gasteiger partial charge >= 0.3 is 17.9 Å². The topological polar surface area (TPSA) is 78.9 Å². The molecule has 0 aromatic rings. The predicted octanol–water partition coefficient (Wildman–Crippen LogP) is 17.8. The van der Waals surface area contributed by atoms with Crippen molar-refractivity contribution in [1.29, 1.82) is 0 Å². The Morgan fingerprint density at radius 2 is 0.609 bits per heavy atom. The number of allylic oxidation sites excluding steroid dienone is 12. The van der Waals surface area contributed by atoms with Crippen molar-refractivity contribution in [2.75, 3.05) is 13.2 Å². The Hall–Kier alpha value is -3.15. The number of carbonyl (C=O) groups is 3. The number of carbonyl (C=O) groups excluding carboxylic acids is 3. The minimum Gasteiger partial charge on any atom is -0.462 e. The van der Waals surface area contributed by atoms with E-state index >= 15 is 0 Å². The summed E-state index contributed by atoms with van der Waals surface area (Å²) in [5.74, 6) is -0.925. The third kappa shape index (κ3) is 49.9. The first-order valence-electron chi connectivity index (χ1n) is 26.9. The van der Waals surface area contributed by atoms with Gasteiger partial charge in [0, 0.05) is 19.3 Å². The number of hydrogen-bond donors (Lipinski definition) is 0. The molecule has 0 aliphatic rings. The van der Waals surface area contributed by atoms with E-state index < -0.39 is 6.10 Å². The highest BCUT2D eigenvalue weighted by molar-refractivity contribution is 5.71. The van der Waals surface area contributed by atoms with Crippen LogP contribution in [-0.2, 0) is 28.6 Å². The minimum atomic E-state index is -0.791. The summed E-state index contributed by atoms with van der Waals surface area (Å²) < 4.78 is 16.8. The lowest BCUT2D eigenvalue weighted by Crippen LogP contribution is -2.30. The molecule has 0 aliphatic carbocycles. The van der Waals surface area contributed by atoms with Gasteiger partial charge in [-0.05, 0) is 89.9 Å². The molecule has 0 rings (SSSR count). The number of rotatable bonds is 48. The summed E-state index contributed by atoms with van der Waals surface area (Å²) in [6, 6.07) is 0. The van der Waals surface area contributed by atoms with E-state index in [-0.39, 0.29) is 31.1 Å². The molecular weight excluding hydrogens is 793 g/mol. The first kappa shape index (κ1) is 60.9. The Labute approximate surface area is 395 Å². The Kier molecular flexibility index (Phi) is 49.9. The zero-order chi connectivity index (χ0) is 46.5. The van der Waals surface area contributed by atoms with Gasteiger partial charge in [-0.15, -0.1) is 0 Å². The van der Waals surface area contributed by atoms with Gasteiger partial charge in [0.15, 0.2) is 6.10 Å². The van der Waals surface area contributed by atoms with Gasteiger partial charge in [-0.25, -0.2) is 0 Å². The van der Waals surface area contributed by atoms with Crippen molar-refractivity contribution in [3.05, 3.63) is 72.9 Å². The smallest absolute Gasteiger partial charge is 0.306 e. The second-order valence-electron chi connectivity index (χ2n) is 17.8. The third-order valence-electron chi connectivity index (χ3n) is 11.4. The second-order valence-corrected chi connectivity index (χ2v) is 17.8. The lowest BCUT2D eigenvalue weighted by atomic mass is 10.0. The zero-order valence-electron chi connectivity index (χ0n) is 42.0. The third-order valence-corrected chi connectivity index (χ3v) is 11.4. The Morgan fingerprint density at radius 3 is 0.984 bits per heavy atom. The second kappa shape index (κ2) is 52.5. The summed E-state index contributed by atoms with van der Waals surface area (Å²) in [6.45, 7) is 6.49. The molecule has 0 heterocycles. The van der Waals surface area contributed by atoms with Crippen molar-refractivity contribution in [2.24, 2.45) is 0 Å². The Balaban J connectivity index is 4.43. The van der Waals surface area contributed by atoms with Crippen LogP contribution in [0.1, 0.15) is 258 Å². The van der Waals surface area contributed by atoms with Gasteiger partial charge in [0.2, 0.25) is 0 Å². The highest BCUT2D eigenvalue weighted by Gasteiger charge is 2.19. The van der Waals surface area contributed by atoms with Crippen LogP contribution in [0.5, 0.6) is 0 Å². The van der Waals surface area contributed by atoms with Gasteiger partial charge < -0.3 is 14.2 Å². The van der Waals surface area contributed by atoms with E-state index in [1.165, 1.54) is 109 Å². The van der Waals surface area contributed by atoms with Crippen LogP contribution in [-0.4, -0.2) is 37.2 Å². The molecule has 0 aliphatic heterocycles. The summed E-state index contributed by atoms with van der Waals surface area (Å²) in [6.07, 6.45) is 66.0. The summed E-state index contributed by atoms with van der Waals surface area (Å²) in [5, 5.41) is 0. The molecule has 64 heavy (non-hydrogen) atoms. The molecule has 0 saturated carbocycles. The SMILES string of the molecule is CC/C=C\C/C=C\C/C=C\C/C=C\C/C=C\CCCCCC(=O)OC[C@@H](COC(=O)CCCCCCCCCCCCCCC)OC(=O)CCCCCCC/C=C\CCCCCCC.